The first-order valence-electron chi connectivity index (χ1n) is 6.51. The van der Waals surface area contributed by atoms with Crippen LogP contribution < -0.4 is 15.4 Å². The van der Waals surface area contributed by atoms with Crippen molar-refractivity contribution in [3.63, 3.8) is 0 Å². The number of hydrogen-bond acceptors (Lipinski definition) is 3. The molecule has 19 heavy (non-hydrogen) atoms. The maximum absolute atomic E-state index is 13.5. The van der Waals surface area contributed by atoms with Crippen molar-refractivity contribution >= 4 is 5.91 Å². The van der Waals surface area contributed by atoms with E-state index in [9.17, 15) is 9.18 Å². The summed E-state index contributed by atoms with van der Waals surface area (Å²) in [6.45, 7) is 1.79. The van der Waals surface area contributed by atoms with Gasteiger partial charge < -0.3 is 15.4 Å². The zero-order valence-electron chi connectivity index (χ0n) is 11.0. The Kier molecular flexibility index (Phi) is 4.74. The molecular weight excluding hydrogens is 247 g/mol. The van der Waals surface area contributed by atoms with Gasteiger partial charge in [0, 0.05) is 19.0 Å². The number of amides is 1. The SMILES string of the molecule is COc1ccc(CCC(=O)NC2CCNC2)cc1F. The van der Waals surface area contributed by atoms with Crippen LogP contribution in [0.2, 0.25) is 0 Å². The van der Waals surface area contributed by atoms with E-state index in [2.05, 4.69) is 10.6 Å². The Balaban J connectivity index is 1.81. The Bertz CT molecular complexity index is 445. The van der Waals surface area contributed by atoms with Crippen molar-refractivity contribution in [3.8, 4) is 5.75 Å². The summed E-state index contributed by atoms with van der Waals surface area (Å²) in [4.78, 5) is 11.7. The topological polar surface area (TPSA) is 50.4 Å². The Labute approximate surface area is 112 Å². The van der Waals surface area contributed by atoms with Crippen LogP contribution >= 0.6 is 0 Å². The molecule has 5 heteroatoms. The summed E-state index contributed by atoms with van der Waals surface area (Å²) in [7, 11) is 1.43. The van der Waals surface area contributed by atoms with Crippen LogP contribution in [-0.2, 0) is 11.2 Å². The Morgan fingerprint density at radius 2 is 2.42 bits per heavy atom. The molecule has 0 aromatic heterocycles. The summed E-state index contributed by atoms with van der Waals surface area (Å²) in [6.07, 6.45) is 1.89. The minimum Gasteiger partial charge on any atom is -0.494 e. The van der Waals surface area contributed by atoms with Gasteiger partial charge in [-0.15, -0.1) is 0 Å². The Morgan fingerprint density at radius 1 is 1.58 bits per heavy atom. The summed E-state index contributed by atoms with van der Waals surface area (Å²) < 4.78 is 18.3. The molecular formula is C14H19FN2O2. The van der Waals surface area contributed by atoms with E-state index in [0.29, 0.717) is 12.8 Å². The van der Waals surface area contributed by atoms with Crippen LogP contribution in [0, 0.1) is 5.82 Å². The number of aryl methyl sites for hydroxylation is 1. The van der Waals surface area contributed by atoms with Crippen LogP contribution in [0.15, 0.2) is 18.2 Å². The first-order chi connectivity index (χ1) is 9.19. The average molecular weight is 266 g/mol. The summed E-state index contributed by atoms with van der Waals surface area (Å²) in [5, 5.41) is 6.16. The Morgan fingerprint density at radius 3 is 3.05 bits per heavy atom. The van der Waals surface area contributed by atoms with Gasteiger partial charge in [-0.1, -0.05) is 6.07 Å². The molecule has 1 unspecified atom stereocenters. The van der Waals surface area contributed by atoms with Gasteiger partial charge in [0.1, 0.15) is 0 Å². The monoisotopic (exact) mass is 266 g/mol. The van der Waals surface area contributed by atoms with Gasteiger partial charge >= 0.3 is 0 Å². The van der Waals surface area contributed by atoms with Crippen molar-refractivity contribution < 1.29 is 13.9 Å². The molecule has 0 saturated carbocycles. The quantitative estimate of drug-likeness (QED) is 0.843. The highest BCUT2D eigenvalue weighted by Crippen LogP contribution is 2.18. The molecule has 1 aliphatic heterocycles. The molecule has 2 N–H and O–H groups in total. The molecule has 0 spiro atoms. The van der Waals surface area contributed by atoms with Crippen LogP contribution in [0.3, 0.4) is 0 Å². The zero-order valence-corrected chi connectivity index (χ0v) is 11.0. The van der Waals surface area contributed by atoms with Crippen molar-refractivity contribution in [1.82, 2.24) is 10.6 Å². The molecule has 1 fully saturated rings. The molecule has 1 heterocycles. The van der Waals surface area contributed by atoms with E-state index in [0.717, 1.165) is 25.1 Å². The fourth-order valence-corrected chi connectivity index (χ4v) is 2.20. The molecule has 1 amide bonds. The minimum absolute atomic E-state index is 0.0185. The molecule has 0 bridgehead atoms. The number of benzene rings is 1. The highest BCUT2D eigenvalue weighted by atomic mass is 19.1. The smallest absolute Gasteiger partial charge is 0.220 e. The van der Waals surface area contributed by atoms with Crippen molar-refractivity contribution in [3.05, 3.63) is 29.6 Å². The second-order valence-electron chi connectivity index (χ2n) is 4.73. The fourth-order valence-electron chi connectivity index (χ4n) is 2.20. The Hall–Kier alpha value is -1.62. The first kappa shape index (κ1) is 13.8. The van der Waals surface area contributed by atoms with Crippen LogP contribution in [0.25, 0.3) is 0 Å². The molecule has 0 aliphatic carbocycles. The summed E-state index contributed by atoms with van der Waals surface area (Å²) in [6, 6.07) is 5.03. The van der Waals surface area contributed by atoms with Crippen molar-refractivity contribution in [2.75, 3.05) is 20.2 Å². The number of rotatable bonds is 5. The normalized spacial score (nSPS) is 18.3. The molecule has 1 aliphatic rings. The van der Waals surface area contributed by atoms with E-state index in [4.69, 9.17) is 4.74 Å². The van der Waals surface area contributed by atoms with Crippen LogP contribution in [-0.4, -0.2) is 32.1 Å². The van der Waals surface area contributed by atoms with E-state index in [1.54, 1.807) is 12.1 Å². The third-order valence-corrected chi connectivity index (χ3v) is 3.28. The molecule has 1 aromatic carbocycles. The number of nitrogens with one attached hydrogen (secondary N) is 2. The second kappa shape index (κ2) is 6.52. The molecule has 104 valence electrons. The van der Waals surface area contributed by atoms with Crippen LogP contribution in [0.1, 0.15) is 18.4 Å². The lowest BCUT2D eigenvalue weighted by Crippen LogP contribution is -2.36. The standard InChI is InChI=1S/C14H19FN2O2/c1-19-13-4-2-10(8-12(13)15)3-5-14(18)17-11-6-7-16-9-11/h2,4,8,11,16H,3,5-7,9H2,1H3,(H,17,18). The third-order valence-electron chi connectivity index (χ3n) is 3.28. The van der Waals surface area contributed by atoms with Gasteiger partial charge in [-0.05, 0) is 37.1 Å². The lowest BCUT2D eigenvalue weighted by Gasteiger charge is -2.11. The van der Waals surface area contributed by atoms with Crippen molar-refractivity contribution in [1.29, 1.82) is 0 Å². The number of hydrogen-bond donors (Lipinski definition) is 2. The predicted molar refractivity (Wildman–Crippen MR) is 70.7 cm³/mol. The average Bonchev–Trinajstić information content (AvgIpc) is 2.89. The third kappa shape index (κ3) is 3.92. The van der Waals surface area contributed by atoms with E-state index in [1.165, 1.54) is 13.2 Å². The van der Waals surface area contributed by atoms with Gasteiger partial charge in [0.2, 0.25) is 5.91 Å². The molecule has 1 atom stereocenters. The first-order valence-corrected chi connectivity index (χ1v) is 6.51. The number of carbonyl (C=O) groups is 1. The van der Waals surface area contributed by atoms with Gasteiger partial charge in [-0.2, -0.15) is 0 Å². The predicted octanol–water partition coefficient (Wildman–Crippen LogP) is 1.24. The van der Waals surface area contributed by atoms with Gasteiger partial charge in [0.05, 0.1) is 7.11 Å². The zero-order chi connectivity index (χ0) is 13.7. The van der Waals surface area contributed by atoms with E-state index < -0.39 is 0 Å². The van der Waals surface area contributed by atoms with Crippen LogP contribution in [0.4, 0.5) is 4.39 Å². The van der Waals surface area contributed by atoms with Gasteiger partial charge in [-0.25, -0.2) is 4.39 Å². The second-order valence-corrected chi connectivity index (χ2v) is 4.73. The fraction of sp³-hybridized carbons (Fsp3) is 0.500. The van der Waals surface area contributed by atoms with E-state index >= 15 is 0 Å². The summed E-state index contributed by atoms with van der Waals surface area (Å²) >= 11 is 0. The number of halogens is 1. The lowest BCUT2D eigenvalue weighted by molar-refractivity contribution is -0.121. The lowest BCUT2D eigenvalue weighted by atomic mass is 10.1. The highest BCUT2D eigenvalue weighted by molar-refractivity contribution is 5.76. The van der Waals surface area contributed by atoms with E-state index in [1.807, 2.05) is 0 Å². The van der Waals surface area contributed by atoms with Crippen molar-refractivity contribution in [2.24, 2.45) is 0 Å². The molecule has 4 nitrogen and oxygen atoms in total. The molecule has 2 rings (SSSR count). The summed E-state index contributed by atoms with van der Waals surface area (Å²) in [5.74, 6) is -0.143. The van der Waals surface area contributed by atoms with Crippen LogP contribution in [0.5, 0.6) is 5.75 Å². The maximum atomic E-state index is 13.5. The molecule has 1 saturated heterocycles. The van der Waals surface area contributed by atoms with Gasteiger partial charge in [0.25, 0.3) is 0 Å². The van der Waals surface area contributed by atoms with Crippen molar-refractivity contribution in [2.45, 2.75) is 25.3 Å². The van der Waals surface area contributed by atoms with E-state index in [-0.39, 0.29) is 23.5 Å². The van der Waals surface area contributed by atoms with Gasteiger partial charge in [-0.3, -0.25) is 4.79 Å². The minimum atomic E-state index is -0.389. The number of carbonyl (C=O) groups excluding carboxylic acids is 1. The van der Waals surface area contributed by atoms with Gasteiger partial charge in [0.15, 0.2) is 11.6 Å². The summed E-state index contributed by atoms with van der Waals surface area (Å²) in [5.41, 5.74) is 0.804. The maximum Gasteiger partial charge on any atom is 0.220 e. The molecule has 1 aromatic rings. The highest BCUT2D eigenvalue weighted by Gasteiger charge is 2.16. The largest absolute Gasteiger partial charge is 0.494 e. The number of methoxy groups -OCH3 is 1. The molecule has 0 radical (unpaired) electrons. The number of ether oxygens (including phenoxy) is 1.